The lowest BCUT2D eigenvalue weighted by Crippen LogP contribution is -2.38. The molecule has 0 spiro atoms. The molecule has 0 aromatic rings. The van der Waals surface area contributed by atoms with Gasteiger partial charge in [0.2, 0.25) is 0 Å². The summed E-state index contributed by atoms with van der Waals surface area (Å²) in [6.45, 7) is 1.82. The highest BCUT2D eigenvalue weighted by atomic mass is 16.5. The molecular formula is C17H31N3O2. The minimum absolute atomic E-state index is 0.123. The van der Waals surface area contributed by atoms with Crippen molar-refractivity contribution in [2.45, 2.75) is 57.8 Å². The maximum atomic E-state index is 11.0. The number of hydrogen-bond donors (Lipinski definition) is 2. The van der Waals surface area contributed by atoms with E-state index in [2.05, 4.69) is 26.4 Å². The van der Waals surface area contributed by atoms with Crippen LogP contribution in [-0.4, -0.2) is 39.2 Å². The lowest BCUT2D eigenvalue weighted by Gasteiger charge is -2.15. The van der Waals surface area contributed by atoms with Crippen LogP contribution in [0.3, 0.4) is 0 Å². The Hall–Kier alpha value is -1.52. The van der Waals surface area contributed by atoms with Gasteiger partial charge in [-0.25, -0.2) is 0 Å². The van der Waals surface area contributed by atoms with Crippen LogP contribution in [0.1, 0.15) is 57.8 Å². The molecule has 1 rings (SSSR count). The molecule has 0 heterocycles. The molecule has 0 unspecified atom stereocenters. The summed E-state index contributed by atoms with van der Waals surface area (Å²) in [4.78, 5) is 15.2. The van der Waals surface area contributed by atoms with Crippen LogP contribution < -0.4 is 10.6 Å². The molecule has 0 fully saturated rings. The van der Waals surface area contributed by atoms with Crippen molar-refractivity contribution in [3.05, 3.63) is 11.6 Å². The van der Waals surface area contributed by atoms with Gasteiger partial charge in [0.05, 0.1) is 7.11 Å². The number of rotatable bonds is 9. The number of hydrogen-bond acceptors (Lipinski definition) is 3. The zero-order chi connectivity index (χ0) is 16.0. The Morgan fingerprint density at radius 3 is 2.73 bits per heavy atom. The summed E-state index contributed by atoms with van der Waals surface area (Å²) in [6, 6.07) is 0. The van der Waals surface area contributed by atoms with E-state index in [1.807, 2.05) is 0 Å². The molecule has 2 N–H and O–H groups in total. The first-order chi connectivity index (χ1) is 10.8. The quantitative estimate of drug-likeness (QED) is 0.226. The van der Waals surface area contributed by atoms with Gasteiger partial charge in [0.25, 0.3) is 0 Å². The topological polar surface area (TPSA) is 62.7 Å². The number of carbonyl (C=O) groups excluding carboxylic acids is 1. The second kappa shape index (κ2) is 12.1. The monoisotopic (exact) mass is 309 g/mol. The van der Waals surface area contributed by atoms with E-state index in [1.165, 1.54) is 32.8 Å². The van der Waals surface area contributed by atoms with Crippen LogP contribution in [0.4, 0.5) is 0 Å². The minimum atomic E-state index is -0.123. The molecule has 126 valence electrons. The molecule has 0 bridgehead atoms. The maximum absolute atomic E-state index is 11.0. The molecular weight excluding hydrogens is 278 g/mol. The fourth-order valence-electron chi connectivity index (χ4n) is 2.57. The molecule has 0 aliphatic heterocycles. The Labute approximate surface area is 134 Å². The maximum Gasteiger partial charge on any atom is 0.305 e. The normalized spacial score (nSPS) is 15.2. The first-order valence-corrected chi connectivity index (χ1v) is 8.45. The second-order valence-corrected chi connectivity index (χ2v) is 5.67. The van der Waals surface area contributed by atoms with Crippen LogP contribution in [0.2, 0.25) is 0 Å². The molecule has 5 nitrogen and oxygen atoms in total. The predicted octanol–water partition coefficient (Wildman–Crippen LogP) is 2.78. The van der Waals surface area contributed by atoms with Crippen molar-refractivity contribution in [3.8, 4) is 0 Å². The van der Waals surface area contributed by atoms with E-state index in [1.54, 1.807) is 12.6 Å². The third-order valence-electron chi connectivity index (χ3n) is 3.92. The number of guanidine groups is 1. The largest absolute Gasteiger partial charge is 0.469 e. The summed E-state index contributed by atoms with van der Waals surface area (Å²) in [7, 11) is 3.23. The van der Waals surface area contributed by atoms with E-state index in [9.17, 15) is 4.79 Å². The van der Waals surface area contributed by atoms with Crippen LogP contribution >= 0.6 is 0 Å². The molecule has 1 aliphatic rings. The summed E-state index contributed by atoms with van der Waals surface area (Å²) < 4.78 is 4.62. The van der Waals surface area contributed by atoms with Gasteiger partial charge in [0.1, 0.15) is 0 Å². The minimum Gasteiger partial charge on any atom is -0.469 e. The number of methoxy groups -OCH3 is 1. The third kappa shape index (κ3) is 8.70. The number of aliphatic imine (C=N–C) groups is 1. The number of ether oxygens (including phenoxy) is 1. The zero-order valence-corrected chi connectivity index (χ0v) is 14.1. The molecule has 5 heteroatoms. The van der Waals surface area contributed by atoms with Gasteiger partial charge in [0.15, 0.2) is 5.96 Å². The molecule has 22 heavy (non-hydrogen) atoms. The number of unbranched alkanes of at least 4 members (excludes halogenated alkanes) is 2. The third-order valence-corrected chi connectivity index (χ3v) is 3.92. The lowest BCUT2D eigenvalue weighted by atomic mass is 9.97. The highest BCUT2D eigenvalue weighted by Gasteiger charge is 2.04. The van der Waals surface area contributed by atoms with E-state index in [-0.39, 0.29) is 5.97 Å². The molecule has 1 aliphatic carbocycles. The fraction of sp³-hybridized carbons (Fsp3) is 0.765. The average Bonchev–Trinajstić information content (AvgIpc) is 2.56. The van der Waals surface area contributed by atoms with Crippen molar-refractivity contribution < 1.29 is 9.53 Å². The van der Waals surface area contributed by atoms with Crippen molar-refractivity contribution in [1.82, 2.24) is 10.6 Å². The van der Waals surface area contributed by atoms with Gasteiger partial charge in [-0.1, -0.05) is 18.1 Å². The van der Waals surface area contributed by atoms with E-state index < -0.39 is 0 Å². The van der Waals surface area contributed by atoms with Gasteiger partial charge in [-0.15, -0.1) is 0 Å². The summed E-state index contributed by atoms with van der Waals surface area (Å²) in [5.74, 6) is 0.742. The summed E-state index contributed by atoms with van der Waals surface area (Å²) in [5.41, 5.74) is 1.58. The van der Waals surface area contributed by atoms with Crippen LogP contribution in [-0.2, 0) is 9.53 Å². The van der Waals surface area contributed by atoms with E-state index in [4.69, 9.17) is 0 Å². The Morgan fingerprint density at radius 2 is 2.05 bits per heavy atom. The molecule has 0 aromatic carbocycles. The molecule has 0 aromatic heterocycles. The first-order valence-electron chi connectivity index (χ1n) is 8.45. The Kier molecular flexibility index (Phi) is 10.2. The van der Waals surface area contributed by atoms with Crippen LogP contribution in [0.25, 0.3) is 0 Å². The summed E-state index contributed by atoms with van der Waals surface area (Å²) in [6.07, 6.45) is 12.1. The van der Waals surface area contributed by atoms with Crippen molar-refractivity contribution >= 4 is 11.9 Å². The molecule has 0 saturated heterocycles. The average molecular weight is 309 g/mol. The van der Waals surface area contributed by atoms with Gasteiger partial charge in [-0.2, -0.15) is 0 Å². The van der Waals surface area contributed by atoms with Crippen molar-refractivity contribution in [1.29, 1.82) is 0 Å². The SMILES string of the molecule is CN=C(NCCCCCC(=O)OC)NCCC1=CCCCC1. The van der Waals surface area contributed by atoms with Crippen molar-refractivity contribution in [2.75, 3.05) is 27.2 Å². The first kappa shape index (κ1) is 18.5. The summed E-state index contributed by atoms with van der Waals surface area (Å²) >= 11 is 0. The Bertz CT molecular complexity index is 378. The molecule has 0 radical (unpaired) electrons. The zero-order valence-electron chi connectivity index (χ0n) is 14.1. The van der Waals surface area contributed by atoms with Crippen LogP contribution in [0, 0.1) is 0 Å². The van der Waals surface area contributed by atoms with Gasteiger partial charge in [-0.05, 0) is 44.9 Å². The fourth-order valence-corrected chi connectivity index (χ4v) is 2.57. The standard InChI is InChI=1S/C17H31N3O2/c1-18-17(19-13-8-4-7-11-16(21)22-2)20-14-12-15-9-5-3-6-10-15/h9H,3-8,10-14H2,1-2H3,(H2,18,19,20). The van der Waals surface area contributed by atoms with Gasteiger partial charge in [0, 0.05) is 26.6 Å². The van der Waals surface area contributed by atoms with Gasteiger partial charge in [-0.3, -0.25) is 9.79 Å². The van der Waals surface area contributed by atoms with E-state index >= 15 is 0 Å². The van der Waals surface area contributed by atoms with Gasteiger partial charge < -0.3 is 15.4 Å². The Balaban J connectivity index is 2.02. The van der Waals surface area contributed by atoms with Gasteiger partial charge >= 0.3 is 5.97 Å². The molecule has 0 atom stereocenters. The Morgan fingerprint density at radius 1 is 1.23 bits per heavy atom. The number of allylic oxidation sites excluding steroid dienone is 1. The number of esters is 1. The second-order valence-electron chi connectivity index (χ2n) is 5.67. The molecule has 0 saturated carbocycles. The number of nitrogens with zero attached hydrogens (tertiary/aromatic N) is 1. The highest BCUT2D eigenvalue weighted by Crippen LogP contribution is 2.19. The van der Waals surface area contributed by atoms with Crippen molar-refractivity contribution in [3.63, 3.8) is 0 Å². The van der Waals surface area contributed by atoms with E-state index in [0.717, 1.165) is 44.7 Å². The number of nitrogens with one attached hydrogen (secondary N) is 2. The number of carbonyl (C=O) groups is 1. The lowest BCUT2D eigenvalue weighted by molar-refractivity contribution is -0.140. The van der Waals surface area contributed by atoms with Crippen LogP contribution in [0.5, 0.6) is 0 Å². The molecule has 0 amide bonds. The van der Waals surface area contributed by atoms with Crippen LogP contribution in [0.15, 0.2) is 16.6 Å². The smallest absolute Gasteiger partial charge is 0.305 e. The highest BCUT2D eigenvalue weighted by molar-refractivity contribution is 5.79. The van der Waals surface area contributed by atoms with Crippen molar-refractivity contribution in [2.24, 2.45) is 4.99 Å². The van der Waals surface area contributed by atoms with E-state index in [0.29, 0.717) is 6.42 Å². The predicted molar refractivity (Wildman–Crippen MR) is 91.0 cm³/mol. The summed E-state index contributed by atoms with van der Waals surface area (Å²) in [5, 5.41) is 6.67.